The summed E-state index contributed by atoms with van der Waals surface area (Å²) < 4.78 is 71.9. The quantitative estimate of drug-likeness (QED) is 0.336. The van der Waals surface area contributed by atoms with Crippen LogP contribution in [0.25, 0.3) is 0 Å². The lowest BCUT2D eigenvalue weighted by molar-refractivity contribution is -0.209. The van der Waals surface area contributed by atoms with Gasteiger partial charge in [-0.2, -0.15) is 0 Å². The zero-order valence-corrected chi connectivity index (χ0v) is 10.8. The average molecular weight is 321 g/mol. The minimum Gasteiger partial charge on any atom is -0.735 e. The van der Waals surface area contributed by atoms with Crippen molar-refractivity contribution in [2.75, 3.05) is 6.61 Å². The van der Waals surface area contributed by atoms with Crippen LogP contribution < -0.4 is 4.72 Å². The summed E-state index contributed by atoms with van der Waals surface area (Å²) in [6.07, 6.45) is -4.91. The fraction of sp³-hybridized carbons (Fsp3) is 1.00. The van der Waals surface area contributed by atoms with Gasteiger partial charge in [-0.1, -0.05) is 0 Å². The Morgan fingerprint density at radius 2 is 1.84 bits per heavy atom. The molecule has 0 aromatic rings. The first kappa shape index (κ1) is 16.7. The van der Waals surface area contributed by atoms with Crippen molar-refractivity contribution in [2.24, 2.45) is 0 Å². The Labute approximate surface area is 109 Å². The number of hydrogen-bond acceptors (Lipinski definition) is 10. The van der Waals surface area contributed by atoms with Crippen LogP contribution in [0.5, 0.6) is 0 Å². The van der Waals surface area contributed by atoms with E-state index in [4.69, 9.17) is 4.74 Å². The van der Waals surface area contributed by atoms with Crippen LogP contribution in [0, 0.1) is 0 Å². The largest absolute Gasteiger partial charge is 0.735 e. The molecule has 0 aromatic carbocycles. The van der Waals surface area contributed by atoms with E-state index in [2.05, 4.69) is 4.18 Å². The molecule has 1 aliphatic rings. The molecule has 13 heteroatoms. The fourth-order valence-electron chi connectivity index (χ4n) is 1.51. The lowest BCUT2D eigenvalue weighted by atomic mass is 10.0. The lowest BCUT2D eigenvalue weighted by Crippen LogP contribution is -2.57. The summed E-state index contributed by atoms with van der Waals surface area (Å²) in [6, 6.07) is -1.59. The molecule has 114 valence electrons. The molecule has 4 atom stereocenters. The Balaban J connectivity index is 2.61. The van der Waals surface area contributed by atoms with E-state index in [0.717, 1.165) is 0 Å². The molecule has 0 amide bonds. The summed E-state index contributed by atoms with van der Waals surface area (Å²) >= 11 is 0. The normalized spacial score (nSPS) is 33.3. The minimum absolute atomic E-state index is 0.347. The number of ether oxygens (including phenoxy) is 1. The van der Waals surface area contributed by atoms with E-state index in [9.17, 15) is 36.2 Å². The molecule has 19 heavy (non-hydrogen) atoms. The summed E-state index contributed by atoms with van der Waals surface area (Å²) in [5, 5.41) is 18.9. The molecule has 0 radical (unpaired) electrons. The van der Waals surface area contributed by atoms with Gasteiger partial charge in [0.05, 0.1) is 24.9 Å². The van der Waals surface area contributed by atoms with Crippen LogP contribution in [0.3, 0.4) is 0 Å². The first-order valence-corrected chi connectivity index (χ1v) is 7.57. The van der Waals surface area contributed by atoms with Gasteiger partial charge in [0.1, 0.15) is 0 Å². The SMILES string of the molecule is O=S(=O)([O-])NC1C(O)OC(COS(=O)(=O)[O-])C[C@@H]1O. The number of aliphatic hydroxyl groups is 2. The third kappa shape index (κ3) is 6.07. The molecular formula is C6H11NO10S2-2. The van der Waals surface area contributed by atoms with Crippen molar-refractivity contribution in [2.45, 2.75) is 31.0 Å². The van der Waals surface area contributed by atoms with Crippen LogP contribution in [-0.4, -0.2) is 67.3 Å². The molecule has 1 rings (SSSR count). The second-order valence-corrected chi connectivity index (χ2v) is 5.94. The minimum atomic E-state index is -4.96. The smallest absolute Gasteiger partial charge is 0.217 e. The van der Waals surface area contributed by atoms with Gasteiger partial charge in [-0.3, -0.25) is 4.18 Å². The number of rotatable bonds is 5. The van der Waals surface area contributed by atoms with Crippen LogP contribution in [0.1, 0.15) is 6.42 Å². The molecule has 3 unspecified atom stereocenters. The van der Waals surface area contributed by atoms with Gasteiger partial charge < -0.3 is 24.1 Å². The van der Waals surface area contributed by atoms with Gasteiger partial charge in [-0.15, -0.1) is 0 Å². The maximum Gasteiger partial charge on any atom is 0.217 e. The zero-order chi connectivity index (χ0) is 14.8. The summed E-state index contributed by atoms with van der Waals surface area (Å²) in [6.45, 7) is -0.753. The summed E-state index contributed by atoms with van der Waals surface area (Å²) in [4.78, 5) is 0. The van der Waals surface area contributed by atoms with Gasteiger partial charge >= 0.3 is 0 Å². The lowest BCUT2D eigenvalue weighted by Gasteiger charge is -2.37. The third-order valence-corrected chi connectivity index (χ3v) is 3.22. The molecular weight excluding hydrogens is 310 g/mol. The third-order valence-electron chi connectivity index (χ3n) is 2.24. The predicted octanol–water partition coefficient (Wildman–Crippen LogP) is -3.65. The number of aliphatic hydroxyl groups excluding tert-OH is 2. The van der Waals surface area contributed by atoms with Gasteiger partial charge in [0, 0.05) is 6.42 Å². The molecule has 11 nitrogen and oxygen atoms in total. The Morgan fingerprint density at radius 3 is 2.26 bits per heavy atom. The van der Waals surface area contributed by atoms with Crippen LogP contribution in [0.4, 0.5) is 0 Å². The van der Waals surface area contributed by atoms with Gasteiger partial charge in [0.15, 0.2) is 16.6 Å². The van der Waals surface area contributed by atoms with E-state index in [1.807, 2.05) is 0 Å². The van der Waals surface area contributed by atoms with Crippen molar-refractivity contribution >= 4 is 20.7 Å². The molecule has 3 N–H and O–H groups in total. The molecule has 1 heterocycles. The van der Waals surface area contributed by atoms with Crippen LogP contribution >= 0.6 is 0 Å². The molecule has 0 bridgehead atoms. The Morgan fingerprint density at radius 1 is 1.26 bits per heavy atom. The van der Waals surface area contributed by atoms with E-state index in [-0.39, 0.29) is 6.42 Å². The molecule has 0 aromatic heterocycles. The van der Waals surface area contributed by atoms with Crippen molar-refractivity contribution in [1.82, 2.24) is 4.72 Å². The molecule has 0 spiro atoms. The predicted molar refractivity (Wildman–Crippen MR) is 53.8 cm³/mol. The maximum atomic E-state index is 10.4. The Kier molecular flexibility index (Phi) is 5.21. The highest BCUT2D eigenvalue weighted by Crippen LogP contribution is 2.20. The summed E-state index contributed by atoms with van der Waals surface area (Å²) in [5.41, 5.74) is 0. The summed E-state index contributed by atoms with van der Waals surface area (Å²) in [7, 11) is -9.88. The molecule has 0 aliphatic carbocycles. The van der Waals surface area contributed by atoms with Crippen LogP contribution in [0.2, 0.25) is 0 Å². The monoisotopic (exact) mass is 321 g/mol. The van der Waals surface area contributed by atoms with Crippen LogP contribution in [-0.2, 0) is 29.6 Å². The topological polar surface area (TPSA) is 185 Å². The highest BCUT2D eigenvalue weighted by atomic mass is 32.3. The molecule has 0 saturated carbocycles. The number of nitrogens with one attached hydrogen (secondary N) is 1. The fourth-order valence-corrected chi connectivity index (χ4v) is 2.44. The van der Waals surface area contributed by atoms with Crippen molar-refractivity contribution < 1.29 is 45.1 Å². The highest BCUT2D eigenvalue weighted by molar-refractivity contribution is 7.83. The van der Waals surface area contributed by atoms with Gasteiger partial charge in [0.2, 0.25) is 10.4 Å². The standard InChI is InChI=1S/C6H13NO10S2/c8-4-1-3(2-16-19(13,14)15)17-6(9)5(4)7-18(10,11)12/h3-9H,1-2H2,(H,10,11,12)(H,13,14,15)/p-2/t3?,4-,5?,6?/m0/s1. The van der Waals surface area contributed by atoms with Crippen molar-refractivity contribution in [3.8, 4) is 0 Å². The highest BCUT2D eigenvalue weighted by Gasteiger charge is 2.38. The van der Waals surface area contributed by atoms with Gasteiger partial charge in [0.25, 0.3) is 0 Å². The molecule has 1 aliphatic heterocycles. The van der Waals surface area contributed by atoms with Gasteiger partial charge in [-0.05, 0) is 0 Å². The Bertz CT molecular complexity index is 488. The second-order valence-electron chi connectivity index (χ2n) is 3.74. The van der Waals surface area contributed by atoms with E-state index in [1.54, 1.807) is 0 Å². The van der Waals surface area contributed by atoms with E-state index < -0.39 is 51.8 Å². The summed E-state index contributed by atoms with van der Waals surface area (Å²) in [5.74, 6) is 0. The van der Waals surface area contributed by atoms with E-state index in [0.29, 0.717) is 0 Å². The second kappa shape index (κ2) is 5.94. The van der Waals surface area contributed by atoms with E-state index in [1.165, 1.54) is 4.72 Å². The van der Waals surface area contributed by atoms with Crippen LogP contribution in [0.15, 0.2) is 0 Å². The molecule has 1 fully saturated rings. The van der Waals surface area contributed by atoms with Crippen molar-refractivity contribution in [3.63, 3.8) is 0 Å². The first-order valence-electron chi connectivity index (χ1n) is 4.83. The average Bonchev–Trinajstić information content (AvgIpc) is 2.18. The van der Waals surface area contributed by atoms with Crippen molar-refractivity contribution in [3.05, 3.63) is 0 Å². The van der Waals surface area contributed by atoms with Gasteiger partial charge in [-0.25, -0.2) is 21.6 Å². The van der Waals surface area contributed by atoms with Crippen molar-refractivity contribution in [1.29, 1.82) is 0 Å². The Hall–Kier alpha value is -0.380. The maximum absolute atomic E-state index is 10.4. The number of hydrogen-bond donors (Lipinski definition) is 3. The van der Waals surface area contributed by atoms with E-state index >= 15 is 0 Å². The first-order chi connectivity index (χ1) is 8.48. The zero-order valence-electron chi connectivity index (χ0n) is 9.20. The molecule has 1 saturated heterocycles.